The van der Waals surface area contributed by atoms with Gasteiger partial charge in [0.25, 0.3) is 0 Å². The maximum Gasteiger partial charge on any atom is 0.242 e. The topological polar surface area (TPSA) is 58.4 Å². The summed E-state index contributed by atoms with van der Waals surface area (Å²) in [5, 5.41) is 5.03. The molecule has 1 fully saturated rings. The third kappa shape index (κ3) is 3.78. The van der Waals surface area contributed by atoms with Crippen molar-refractivity contribution in [2.45, 2.75) is 44.8 Å². The zero-order valence-corrected chi connectivity index (χ0v) is 12.5. The zero-order valence-electron chi connectivity index (χ0n) is 11.6. The first-order valence-electron chi connectivity index (χ1n) is 6.91. The van der Waals surface area contributed by atoms with Gasteiger partial charge in [0, 0.05) is 30.1 Å². The lowest BCUT2D eigenvalue weighted by molar-refractivity contribution is -0.123. The van der Waals surface area contributed by atoms with Gasteiger partial charge in [-0.2, -0.15) is 0 Å². The predicted octanol–water partition coefficient (Wildman–Crippen LogP) is 1.74. The number of thiophene rings is 1. The van der Waals surface area contributed by atoms with Crippen molar-refractivity contribution in [1.29, 1.82) is 0 Å². The molecule has 2 heterocycles. The van der Waals surface area contributed by atoms with Crippen LogP contribution in [0.3, 0.4) is 0 Å². The van der Waals surface area contributed by atoms with Crippen molar-refractivity contribution in [3.8, 4) is 0 Å². The number of nitrogens with two attached hydrogens (primary N) is 1. The lowest BCUT2D eigenvalue weighted by atomic mass is 10.0. The lowest BCUT2D eigenvalue weighted by Gasteiger charge is -2.35. The van der Waals surface area contributed by atoms with Crippen LogP contribution in [0.4, 0.5) is 0 Å². The van der Waals surface area contributed by atoms with Crippen LogP contribution >= 0.6 is 11.3 Å². The van der Waals surface area contributed by atoms with Crippen LogP contribution in [0.5, 0.6) is 0 Å². The molecule has 0 aromatic carbocycles. The lowest BCUT2D eigenvalue weighted by Crippen LogP contribution is -2.48. The molecular formula is C14H23N3OS. The Morgan fingerprint density at radius 2 is 2.16 bits per heavy atom. The molecule has 4 nitrogen and oxygen atoms in total. The predicted molar refractivity (Wildman–Crippen MR) is 79.1 cm³/mol. The molecule has 1 aliphatic rings. The molecule has 2 rings (SSSR count). The Morgan fingerprint density at radius 3 is 2.68 bits per heavy atom. The van der Waals surface area contributed by atoms with Gasteiger partial charge in [-0.15, -0.1) is 11.3 Å². The van der Waals surface area contributed by atoms with Gasteiger partial charge in [-0.1, -0.05) is 6.07 Å². The SMILES string of the molecule is CC(C)N1CCC(NC(=O)C(N)c2cccs2)CC1. The summed E-state index contributed by atoms with van der Waals surface area (Å²) >= 11 is 1.53. The number of nitrogens with one attached hydrogen (secondary N) is 1. The fourth-order valence-electron chi connectivity index (χ4n) is 2.45. The number of amides is 1. The van der Waals surface area contributed by atoms with Crippen LogP contribution < -0.4 is 11.1 Å². The monoisotopic (exact) mass is 281 g/mol. The Hall–Kier alpha value is -0.910. The van der Waals surface area contributed by atoms with E-state index < -0.39 is 6.04 Å². The molecule has 19 heavy (non-hydrogen) atoms. The smallest absolute Gasteiger partial charge is 0.242 e. The highest BCUT2D eigenvalue weighted by molar-refractivity contribution is 7.10. The third-order valence-corrected chi connectivity index (χ3v) is 4.69. The Bertz CT molecular complexity index is 397. The summed E-state index contributed by atoms with van der Waals surface area (Å²) in [7, 11) is 0. The summed E-state index contributed by atoms with van der Waals surface area (Å²) in [6, 6.07) is 4.17. The number of rotatable bonds is 4. The second-order valence-electron chi connectivity index (χ2n) is 5.41. The summed E-state index contributed by atoms with van der Waals surface area (Å²) in [6.07, 6.45) is 2.03. The molecule has 106 valence electrons. The van der Waals surface area contributed by atoms with Gasteiger partial charge in [-0.05, 0) is 38.1 Å². The van der Waals surface area contributed by atoms with Crippen LogP contribution in [0.25, 0.3) is 0 Å². The van der Waals surface area contributed by atoms with E-state index in [-0.39, 0.29) is 11.9 Å². The molecule has 1 unspecified atom stereocenters. The van der Waals surface area contributed by atoms with Gasteiger partial charge in [0.05, 0.1) is 0 Å². The first kappa shape index (κ1) is 14.5. The van der Waals surface area contributed by atoms with Crippen molar-refractivity contribution >= 4 is 17.2 Å². The second kappa shape index (κ2) is 6.50. The number of likely N-dealkylation sites (tertiary alicyclic amines) is 1. The van der Waals surface area contributed by atoms with Crippen LogP contribution in [0, 0.1) is 0 Å². The molecule has 1 aromatic rings. The Morgan fingerprint density at radius 1 is 1.47 bits per heavy atom. The van der Waals surface area contributed by atoms with Crippen molar-refractivity contribution in [2.75, 3.05) is 13.1 Å². The van der Waals surface area contributed by atoms with Gasteiger partial charge in [0.15, 0.2) is 0 Å². The molecule has 0 radical (unpaired) electrons. The molecular weight excluding hydrogens is 258 g/mol. The van der Waals surface area contributed by atoms with Gasteiger partial charge >= 0.3 is 0 Å². The minimum Gasteiger partial charge on any atom is -0.352 e. The van der Waals surface area contributed by atoms with E-state index in [9.17, 15) is 4.79 Å². The van der Waals surface area contributed by atoms with E-state index in [0.29, 0.717) is 6.04 Å². The molecule has 0 bridgehead atoms. The quantitative estimate of drug-likeness (QED) is 0.884. The summed E-state index contributed by atoms with van der Waals surface area (Å²) in [5.74, 6) is -0.0505. The third-order valence-electron chi connectivity index (χ3n) is 3.74. The van der Waals surface area contributed by atoms with E-state index in [1.54, 1.807) is 0 Å². The van der Waals surface area contributed by atoms with Crippen LogP contribution in [-0.2, 0) is 4.79 Å². The Kier molecular flexibility index (Phi) is 4.96. The summed E-state index contributed by atoms with van der Waals surface area (Å²) in [6.45, 7) is 6.53. The minimum absolute atomic E-state index is 0.0505. The van der Waals surface area contributed by atoms with Crippen molar-refractivity contribution in [2.24, 2.45) is 5.73 Å². The molecule has 1 aliphatic heterocycles. The summed E-state index contributed by atoms with van der Waals surface area (Å²) in [4.78, 5) is 15.5. The average Bonchev–Trinajstić information content (AvgIpc) is 2.92. The highest BCUT2D eigenvalue weighted by Gasteiger charge is 2.24. The number of nitrogens with zero attached hydrogens (tertiary/aromatic N) is 1. The first-order chi connectivity index (χ1) is 9.08. The zero-order chi connectivity index (χ0) is 13.8. The number of hydrogen-bond acceptors (Lipinski definition) is 4. The molecule has 1 saturated heterocycles. The van der Waals surface area contributed by atoms with E-state index in [1.807, 2.05) is 17.5 Å². The van der Waals surface area contributed by atoms with Crippen LogP contribution in [0.1, 0.15) is 37.6 Å². The number of hydrogen-bond donors (Lipinski definition) is 2. The molecule has 0 saturated carbocycles. The van der Waals surface area contributed by atoms with E-state index in [0.717, 1.165) is 30.8 Å². The van der Waals surface area contributed by atoms with E-state index in [2.05, 4.69) is 24.1 Å². The van der Waals surface area contributed by atoms with E-state index in [1.165, 1.54) is 11.3 Å². The highest BCUT2D eigenvalue weighted by atomic mass is 32.1. The largest absolute Gasteiger partial charge is 0.352 e. The molecule has 0 aliphatic carbocycles. The molecule has 3 N–H and O–H groups in total. The number of carbonyl (C=O) groups excluding carboxylic acids is 1. The average molecular weight is 281 g/mol. The van der Waals surface area contributed by atoms with Gasteiger partial charge in [-0.3, -0.25) is 4.79 Å². The normalized spacial score (nSPS) is 19.6. The van der Waals surface area contributed by atoms with E-state index in [4.69, 9.17) is 5.73 Å². The first-order valence-corrected chi connectivity index (χ1v) is 7.79. The fourth-order valence-corrected chi connectivity index (χ4v) is 3.17. The molecule has 5 heteroatoms. The van der Waals surface area contributed by atoms with Crippen LogP contribution in [0.15, 0.2) is 17.5 Å². The highest BCUT2D eigenvalue weighted by Crippen LogP contribution is 2.18. The van der Waals surface area contributed by atoms with Crippen molar-refractivity contribution in [1.82, 2.24) is 10.2 Å². The molecule has 1 atom stereocenters. The summed E-state index contributed by atoms with van der Waals surface area (Å²) in [5.41, 5.74) is 5.96. The molecule has 1 amide bonds. The minimum atomic E-state index is -0.525. The van der Waals surface area contributed by atoms with Crippen molar-refractivity contribution in [3.05, 3.63) is 22.4 Å². The summed E-state index contributed by atoms with van der Waals surface area (Å²) < 4.78 is 0. The van der Waals surface area contributed by atoms with Crippen molar-refractivity contribution < 1.29 is 4.79 Å². The maximum atomic E-state index is 12.1. The van der Waals surface area contributed by atoms with Crippen molar-refractivity contribution in [3.63, 3.8) is 0 Å². The molecule has 1 aromatic heterocycles. The fraction of sp³-hybridized carbons (Fsp3) is 0.643. The van der Waals surface area contributed by atoms with Crippen LogP contribution in [0.2, 0.25) is 0 Å². The maximum absolute atomic E-state index is 12.1. The van der Waals surface area contributed by atoms with E-state index >= 15 is 0 Å². The molecule has 0 spiro atoms. The Balaban J connectivity index is 1.81. The van der Waals surface area contributed by atoms with Gasteiger partial charge < -0.3 is 16.0 Å². The van der Waals surface area contributed by atoms with Crippen LogP contribution in [-0.4, -0.2) is 36.0 Å². The number of piperidine rings is 1. The second-order valence-corrected chi connectivity index (χ2v) is 6.38. The Labute approximate surface area is 119 Å². The standard InChI is InChI=1S/C14H23N3OS/c1-10(2)17-7-5-11(6-8-17)16-14(18)13(15)12-4-3-9-19-12/h3-4,9-11,13H,5-8,15H2,1-2H3,(H,16,18). The number of carbonyl (C=O) groups is 1. The van der Waals surface area contributed by atoms with Gasteiger partial charge in [0.1, 0.15) is 6.04 Å². The van der Waals surface area contributed by atoms with Gasteiger partial charge in [0.2, 0.25) is 5.91 Å². The van der Waals surface area contributed by atoms with Gasteiger partial charge in [-0.25, -0.2) is 0 Å².